The molecular formula is C32H42FN5O3. The fourth-order valence-corrected chi connectivity index (χ4v) is 5.73. The standard InChI is InChI=1S/C32H42FN5O3/c1-21(34-3)22(2)36-29(24-12-8-5-9-13-24)32(41)38-20-27(37-30(39)25-14-16-26(33)17-15-25)18-28(38)31(40)35-19-23-10-6-4-7-11-23/h4,6-7,10-11,14-17,21,24,27-29,34,36H,2,5,8-9,12-13,18-20H2,1,3H3,(H,35,40)(H,37,39)/t21-,27-,28-,29-/m0/s1. The minimum absolute atomic E-state index is 0.0415. The second-order valence-corrected chi connectivity index (χ2v) is 11.2. The number of benzene rings is 2. The zero-order valence-corrected chi connectivity index (χ0v) is 24.0. The molecule has 220 valence electrons. The summed E-state index contributed by atoms with van der Waals surface area (Å²) in [4.78, 5) is 42.4. The Bertz CT molecular complexity index is 1200. The van der Waals surface area contributed by atoms with Crippen LogP contribution in [0.15, 0.2) is 66.9 Å². The lowest BCUT2D eigenvalue weighted by Gasteiger charge is -2.36. The molecule has 1 saturated carbocycles. The molecular weight excluding hydrogens is 521 g/mol. The van der Waals surface area contributed by atoms with Gasteiger partial charge in [0, 0.05) is 36.4 Å². The Morgan fingerprint density at radius 1 is 1.02 bits per heavy atom. The Kier molecular flexibility index (Phi) is 10.5. The molecule has 2 aliphatic rings. The highest BCUT2D eigenvalue weighted by molar-refractivity contribution is 5.95. The average molecular weight is 564 g/mol. The molecule has 8 nitrogen and oxygen atoms in total. The molecule has 2 aromatic rings. The van der Waals surface area contributed by atoms with Gasteiger partial charge < -0.3 is 26.2 Å². The van der Waals surface area contributed by atoms with Gasteiger partial charge in [0.25, 0.3) is 5.91 Å². The van der Waals surface area contributed by atoms with Crippen LogP contribution in [0.3, 0.4) is 0 Å². The van der Waals surface area contributed by atoms with Crippen LogP contribution in [0.5, 0.6) is 0 Å². The molecule has 0 radical (unpaired) electrons. The summed E-state index contributed by atoms with van der Waals surface area (Å²) in [5.41, 5.74) is 2.00. The maximum Gasteiger partial charge on any atom is 0.251 e. The van der Waals surface area contributed by atoms with Crippen LogP contribution in [-0.4, -0.2) is 60.4 Å². The lowest BCUT2D eigenvalue weighted by Crippen LogP contribution is -2.55. The van der Waals surface area contributed by atoms with Crippen LogP contribution >= 0.6 is 0 Å². The zero-order chi connectivity index (χ0) is 29.4. The van der Waals surface area contributed by atoms with Crippen molar-refractivity contribution in [3.8, 4) is 0 Å². The highest BCUT2D eigenvalue weighted by Crippen LogP contribution is 2.30. The second-order valence-electron chi connectivity index (χ2n) is 11.2. The largest absolute Gasteiger partial charge is 0.376 e. The van der Waals surface area contributed by atoms with Crippen LogP contribution in [0.4, 0.5) is 4.39 Å². The molecule has 0 unspecified atom stereocenters. The lowest BCUT2D eigenvalue weighted by molar-refractivity contribution is -0.141. The molecule has 4 atom stereocenters. The van der Waals surface area contributed by atoms with E-state index in [1.165, 1.54) is 24.3 Å². The summed E-state index contributed by atoms with van der Waals surface area (Å²) < 4.78 is 13.4. The molecule has 1 aliphatic heterocycles. The molecule has 41 heavy (non-hydrogen) atoms. The van der Waals surface area contributed by atoms with E-state index in [-0.39, 0.29) is 42.6 Å². The number of nitrogens with zero attached hydrogens (tertiary/aromatic N) is 1. The van der Waals surface area contributed by atoms with E-state index in [1.807, 2.05) is 44.3 Å². The normalized spacial score (nSPS) is 20.6. The van der Waals surface area contributed by atoms with Crippen molar-refractivity contribution in [2.24, 2.45) is 5.92 Å². The predicted octanol–water partition coefficient (Wildman–Crippen LogP) is 3.50. The van der Waals surface area contributed by atoms with Gasteiger partial charge in [0.1, 0.15) is 17.9 Å². The Balaban J connectivity index is 1.55. The monoisotopic (exact) mass is 563 g/mol. The molecule has 0 bridgehead atoms. The predicted molar refractivity (Wildman–Crippen MR) is 157 cm³/mol. The van der Waals surface area contributed by atoms with Crippen molar-refractivity contribution < 1.29 is 18.8 Å². The number of carbonyl (C=O) groups excluding carboxylic acids is 3. The van der Waals surface area contributed by atoms with E-state index in [9.17, 15) is 18.8 Å². The van der Waals surface area contributed by atoms with Crippen molar-refractivity contribution in [2.45, 2.75) is 76.2 Å². The molecule has 3 amide bonds. The summed E-state index contributed by atoms with van der Waals surface area (Å²) in [7, 11) is 1.84. The van der Waals surface area contributed by atoms with Gasteiger partial charge in [-0.15, -0.1) is 0 Å². The summed E-state index contributed by atoms with van der Waals surface area (Å²) in [6.45, 7) is 6.70. The van der Waals surface area contributed by atoms with Gasteiger partial charge in [-0.2, -0.15) is 0 Å². The SMILES string of the molecule is C=C(N[C@H](C(=O)N1C[C@@H](NC(=O)c2ccc(F)cc2)C[C@H]1C(=O)NCc1ccccc1)C1CCCCC1)[C@H](C)NC. The van der Waals surface area contributed by atoms with Crippen LogP contribution in [0, 0.1) is 11.7 Å². The third-order valence-electron chi connectivity index (χ3n) is 8.32. The number of hydrogen-bond donors (Lipinski definition) is 4. The van der Waals surface area contributed by atoms with Gasteiger partial charge in [-0.1, -0.05) is 56.2 Å². The maximum absolute atomic E-state index is 14.3. The Morgan fingerprint density at radius 3 is 2.37 bits per heavy atom. The lowest BCUT2D eigenvalue weighted by atomic mass is 9.83. The number of carbonyl (C=O) groups is 3. The molecule has 2 aromatic carbocycles. The fourth-order valence-electron chi connectivity index (χ4n) is 5.73. The highest BCUT2D eigenvalue weighted by atomic mass is 19.1. The first-order chi connectivity index (χ1) is 19.8. The third kappa shape index (κ3) is 7.94. The maximum atomic E-state index is 14.3. The molecule has 9 heteroatoms. The molecule has 1 aliphatic carbocycles. The van der Waals surface area contributed by atoms with Crippen LogP contribution in [0.25, 0.3) is 0 Å². The van der Waals surface area contributed by atoms with Crippen LogP contribution in [0.2, 0.25) is 0 Å². The van der Waals surface area contributed by atoms with Crippen molar-refractivity contribution in [3.05, 3.63) is 83.8 Å². The molecule has 4 rings (SSSR count). The van der Waals surface area contributed by atoms with Crippen molar-refractivity contribution in [1.82, 2.24) is 26.2 Å². The van der Waals surface area contributed by atoms with E-state index in [1.54, 1.807) is 4.90 Å². The third-order valence-corrected chi connectivity index (χ3v) is 8.32. The number of hydrogen-bond acceptors (Lipinski definition) is 5. The van der Waals surface area contributed by atoms with Crippen molar-refractivity contribution in [2.75, 3.05) is 13.6 Å². The van der Waals surface area contributed by atoms with Crippen molar-refractivity contribution >= 4 is 17.7 Å². The van der Waals surface area contributed by atoms with E-state index < -0.39 is 23.9 Å². The van der Waals surface area contributed by atoms with Gasteiger partial charge in [-0.25, -0.2) is 4.39 Å². The number of rotatable bonds is 11. The Hall–Kier alpha value is -3.72. The number of likely N-dealkylation sites (tertiary alicyclic amines) is 1. The first-order valence-corrected chi connectivity index (χ1v) is 14.6. The Labute approximate surface area is 242 Å². The average Bonchev–Trinajstić information content (AvgIpc) is 3.42. The van der Waals surface area contributed by atoms with Crippen LogP contribution in [-0.2, 0) is 16.1 Å². The van der Waals surface area contributed by atoms with Gasteiger partial charge >= 0.3 is 0 Å². The topological polar surface area (TPSA) is 103 Å². The van der Waals surface area contributed by atoms with Gasteiger partial charge in [0.05, 0.1) is 0 Å². The number of amides is 3. The summed E-state index contributed by atoms with van der Waals surface area (Å²) >= 11 is 0. The van der Waals surface area contributed by atoms with E-state index in [2.05, 4.69) is 27.8 Å². The highest BCUT2D eigenvalue weighted by Gasteiger charge is 2.44. The van der Waals surface area contributed by atoms with Crippen molar-refractivity contribution in [1.29, 1.82) is 0 Å². The number of nitrogens with one attached hydrogen (secondary N) is 4. The number of likely N-dealkylation sites (N-methyl/N-ethyl adjacent to an activating group) is 1. The molecule has 0 spiro atoms. The van der Waals surface area contributed by atoms with Crippen LogP contribution < -0.4 is 21.3 Å². The van der Waals surface area contributed by atoms with E-state index in [4.69, 9.17) is 0 Å². The minimum Gasteiger partial charge on any atom is -0.376 e. The summed E-state index contributed by atoms with van der Waals surface area (Å²) in [6.07, 6.45) is 5.40. The first-order valence-electron chi connectivity index (χ1n) is 14.6. The van der Waals surface area contributed by atoms with Gasteiger partial charge in [0.2, 0.25) is 11.8 Å². The minimum atomic E-state index is -0.743. The molecule has 4 N–H and O–H groups in total. The number of halogens is 1. The molecule has 0 aromatic heterocycles. The fraction of sp³-hybridized carbons (Fsp3) is 0.469. The van der Waals surface area contributed by atoms with Gasteiger partial charge in [-0.3, -0.25) is 14.4 Å². The Morgan fingerprint density at radius 2 is 1.71 bits per heavy atom. The van der Waals surface area contributed by atoms with E-state index in [0.717, 1.165) is 43.4 Å². The van der Waals surface area contributed by atoms with E-state index >= 15 is 0 Å². The second kappa shape index (κ2) is 14.3. The van der Waals surface area contributed by atoms with E-state index in [0.29, 0.717) is 12.1 Å². The van der Waals surface area contributed by atoms with Crippen LogP contribution in [0.1, 0.15) is 61.4 Å². The summed E-state index contributed by atoms with van der Waals surface area (Å²) in [6, 6.07) is 13.2. The summed E-state index contributed by atoms with van der Waals surface area (Å²) in [5.74, 6) is -1.08. The zero-order valence-electron chi connectivity index (χ0n) is 24.0. The molecule has 1 heterocycles. The van der Waals surface area contributed by atoms with Gasteiger partial charge in [-0.05, 0) is 69.0 Å². The summed E-state index contributed by atoms with van der Waals surface area (Å²) in [5, 5.41) is 12.5. The molecule has 2 fully saturated rings. The smallest absolute Gasteiger partial charge is 0.251 e. The van der Waals surface area contributed by atoms with Gasteiger partial charge in [0.15, 0.2) is 0 Å². The molecule has 1 saturated heterocycles. The first kappa shape index (κ1) is 30.2. The quantitative estimate of drug-likeness (QED) is 0.335. The van der Waals surface area contributed by atoms with Crippen molar-refractivity contribution in [3.63, 3.8) is 0 Å².